The number of nitrogens with one attached hydrogen (secondary N) is 1. The summed E-state index contributed by atoms with van der Waals surface area (Å²) in [6, 6.07) is 6.77. The number of fused-ring (bicyclic) bond motifs is 1. The molecule has 1 heterocycles. The third-order valence-electron chi connectivity index (χ3n) is 3.08. The number of hydrogen-bond donors (Lipinski definition) is 3. The molecule has 6 nitrogen and oxygen atoms in total. The highest BCUT2D eigenvalue weighted by atomic mass is 16.3. The molecule has 0 aliphatic rings. The van der Waals surface area contributed by atoms with E-state index in [1.807, 2.05) is 0 Å². The van der Waals surface area contributed by atoms with E-state index in [0.717, 1.165) is 0 Å². The highest BCUT2D eigenvalue weighted by Crippen LogP contribution is 2.26. The molecule has 2 rings (SSSR count). The second-order valence-corrected chi connectivity index (χ2v) is 4.42. The van der Waals surface area contributed by atoms with Crippen molar-refractivity contribution >= 4 is 16.8 Å². The van der Waals surface area contributed by atoms with E-state index in [-0.39, 0.29) is 31.0 Å². The minimum atomic E-state index is -0.713. The Bertz CT molecular complexity index is 749. The van der Waals surface area contributed by atoms with E-state index in [0.29, 0.717) is 10.9 Å². The molecule has 0 fully saturated rings. The maximum atomic E-state index is 12.4. The predicted molar refractivity (Wildman–Crippen MR) is 79.5 cm³/mol. The van der Waals surface area contributed by atoms with Crippen LogP contribution < -0.4 is 10.9 Å². The van der Waals surface area contributed by atoms with Crippen LogP contribution in [0.1, 0.15) is 10.4 Å². The molecule has 0 atom stereocenters. The molecule has 0 aliphatic heterocycles. The predicted octanol–water partition coefficient (Wildman–Crippen LogP) is 0.615. The van der Waals surface area contributed by atoms with E-state index < -0.39 is 11.5 Å². The molecule has 21 heavy (non-hydrogen) atoms. The standard InChI is InChI=1S/C15H16N2O4/c1-2-8-17-11-6-4-3-5-10(11)13(19)12(15(17)21)14(20)16-7-9-18/h2-6,18-19H,1,7-9H2,(H,16,20). The molecule has 2 aromatic rings. The van der Waals surface area contributed by atoms with Crippen molar-refractivity contribution in [3.8, 4) is 5.75 Å². The molecule has 0 spiro atoms. The number of aromatic nitrogens is 1. The van der Waals surface area contributed by atoms with Crippen molar-refractivity contribution in [2.75, 3.05) is 13.2 Å². The third kappa shape index (κ3) is 2.66. The Balaban J connectivity index is 2.73. The fourth-order valence-corrected chi connectivity index (χ4v) is 2.16. The molecule has 0 radical (unpaired) electrons. The lowest BCUT2D eigenvalue weighted by Gasteiger charge is -2.13. The van der Waals surface area contributed by atoms with Gasteiger partial charge in [-0.05, 0) is 12.1 Å². The molecule has 0 unspecified atom stereocenters. The normalized spacial score (nSPS) is 10.5. The number of amides is 1. The summed E-state index contributed by atoms with van der Waals surface area (Å²) in [5, 5.41) is 21.8. The first-order chi connectivity index (χ1) is 10.1. The molecule has 1 aromatic heterocycles. The van der Waals surface area contributed by atoms with Gasteiger partial charge >= 0.3 is 0 Å². The van der Waals surface area contributed by atoms with E-state index >= 15 is 0 Å². The SMILES string of the molecule is C=CCn1c(=O)c(C(=O)NCCO)c(O)c2ccccc21. The Morgan fingerprint density at radius 1 is 1.38 bits per heavy atom. The van der Waals surface area contributed by atoms with Crippen LogP contribution in [0, 0.1) is 0 Å². The van der Waals surface area contributed by atoms with E-state index in [9.17, 15) is 14.7 Å². The van der Waals surface area contributed by atoms with Crippen molar-refractivity contribution in [3.05, 3.63) is 52.8 Å². The lowest BCUT2D eigenvalue weighted by molar-refractivity contribution is 0.0940. The monoisotopic (exact) mass is 288 g/mol. The zero-order chi connectivity index (χ0) is 15.4. The molecular formula is C15H16N2O4. The number of aliphatic hydroxyl groups excluding tert-OH is 1. The molecule has 0 saturated heterocycles. The number of pyridine rings is 1. The van der Waals surface area contributed by atoms with Gasteiger partial charge in [-0.3, -0.25) is 9.59 Å². The summed E-state index contributed by atoms with van der Waals surface area (Å²) in [5.41, 5.74) is -0.399. The summed E-state index contributed by atoms with van der Waals surface area (Å²) in [7, 11) is 0. The first-order valence-corrected chi connectivity index (χ1v) is 6.46. The maximum absolute atomic E-state index is 12.4. The Labute approximate surface area is 121 Å². The molecule has 0 saturated carbocycles. The number of benzene rings is 1. The number of carbonyl (C=O) groups is 1. The van der Waals surface area contributed by atoms with Crippen molar-refractivity contribution in [1.29, 1.82) is 0 Å². The van der Waals surface area contributed by atoms with E-state index in [4.69, 9.17) is 5.11 Å². The highest BCUT2D eigenvalue weighted by Gasteiger charge is 2.21. The van der Waals surface area contributed by atoms with Gasteiger partial charge in [-0.25, -0.2) is 0 Å². The van der Waals surface area contributed by atoms with Crippen LogP contribution in [-0.2, 0) is 6.54 Å². The number of nitrogens with zero attached hydrogens (tertiary/aromatic N) is 1. The van der Waals surface area contributed by atoms with Crippen LogP contribution >= 0.6 is 0 Å². The minimum Gasteiger partial charge on any atom is -0.506 e. The van der Waals surface area contributed by atoms with Gasteiger partial charge in [0.15, 0.2) is 0 Å². The zero-order valence-electron chi connectivity index (χ0n) is 11.4. The number of aromatic hydroxyl groups is 1. The van der Waals surface area contributed by atoms with Gasteiger partial charge in [0, 0.05) is 18.5 Å². The van der Waals surface area contributed by atoms with Gasteiger partial charge in [0.05, 0.1) is 12.1 Å². The van der Waals surface area contributed by atoms with Gasteiger partial charge in [0.2, 0.25) is 0 Å². The van der Waals surface area contributed by atoms with Crippen LogP contribution in [0.2, 0.25) is 0 Å². The van der Waals surface area contributed by atoms with Crippen molar-refractivity contribution < 1.29 is 15.0 Å². The van der Waals surface area contributed by atoms with Crippen LogP contribution in [0.5, 0.6) is 5.75 Å². The largest absolute Gasteiger partial charge is 0.506 e. The van der Waals surface area contributed by atoms with Gasteiger partial charge in [-0.15, -0.1) is 6.58 Å². The number of carbonyl (C=O) groups excluding carboxylic acids is 1. The summed E-state index contributed by atoms with van der Waals surface area (Å²) < 4.78 is 1.37. The second-order valence-electron chi connectivity index (χ2n) is 4.42. The Morgan fingerprint density at radius 3 is 2.76 bits per heavy atom. The number of aliphatic hydroxyl groups is 1. The lowest BCUT2D eigenvalue weighted by Crippen LogP contribution is -2.34. The van der Waals surface area contributed by atoms with Gasteiger partial charge in [0.1, 0.15) is 11.3 Å². The Morgan fingerprint density at radius 2 is 2.10 bits per heavy atom. The smallest absolute Gasteiger partial charge is 0.268 e. The van der Waals surface area contributed by atoms with Crippen LogP contribution in [0.3, 0.4) is 0 Å². The van der Waals surface area contributed by atoms with Crippen LogP contribution in [0.4, 0.5) is 0 Å². The van der Waals surface area contributed by atoms with Gasteiger partial charge in [-0.2, -0.15) is 0 Å². The van der Waals surface area contributed by atoms with Gasteiger partial charge < -0.3 is 20.1 Å². The van der Waals surface area contributed by atoms with E-state index in [1.165, 1.54) is 4.57 Å². The lowest BCUT2D eigenvalue weighted by atomic mass is 10.1. The van der Waals surface area contributed by atoms with E-state index in [2.05, 4.69) is 11.9 Å². The molecule has 3 N–H and O–H groups in total. The fourth-order valence-electron chi connectivity index (χ4n) is 2.16. The van der Waals surface area contributed by atoms with Crippen LogP contribution in [0.15, 0.2) is 41.7 Å². The quantitative estimate of drug-likeness (QED) is 0.703. The van der Waals surface area contributed by atoms with E-state index in [1.54, 1.807) is 30.3 Å². The second kappa shape index (κ2) is 6.23. The topological polar surface area (TPSA) is 91.6 Å². The average Bonchev–Trinajstić information content (AvgIpc) is 2.49. The summed E-state index contributed by atoms with van der Waals surface area (Å²) in [5.74, 6) is -1.07. The van der Waals surface area contributed by atoms with Crippen molar-refractivity contribution in [3.63, 3.8) is 0 Å². The summed E-state index contributed by atoms with van der Waals surface area (Å²) >= 11 is 0. The number of hydrogen-bond acceptors (Lipinski definition) is 4. The average molecular weight is 288 g/mol. The summed E-state index contributed by atoms with van der Waals surface area (Å²) in [6.45, 7) is 3.57. The first-order valence-electron chi connectivity index (χ1n) is 6.46. The zero-order valence-corrected chi connectivity index (χ0v) is 11.4. The number of allylic oxidation sites excluding steroid dienone is 1. The highest BCUT2D eigenvalue weighted by molar-refractivity contribution is 6.02. The van der Waals surface area contributed by atoms with Crippen molar-refractivity contribution in [2.24, 2.45) is 0 Å². The molecule has 1 amide bonds. The molecule has 0 bridgehead atoms. The fraction of sp³-hybridized carbons (Fsp3) is 0.200. The van der Waals surface area contributed by atoms with Crippen LogP contribution in [-0.4, -0.2) is 33.8 Å². The molecule has 110 valence electrons. The Hall–Kier alpha value is -2.60. The summed E-state index contributed by atoms with van der Waals surface area (Å²) in [6.07, 6.45) is 1.54. The minimum absolute atomic E-state index is 0.00595. The number of rotatable bonds is 5. The Kier molecular flexibility index (Phi) is 4.39. The molecule has 0 aliphatic carbocycles. The number of para-hydroxylation sites is 1. The molecular weight excluding hydrogens is 272 g/mol. The van der Waals surface area contributed by atoms with Crippen LogP contribution in [0.25, 0.3) is 10.9 Å². The van der Waals surface area contributed by atoms with Gasteiger partial charge in [-0.1, -0.05) is 18.2 Å². The molecule has 6 heteroatoms. The van der Waals surface area contributed by atoms with Crippen molar-refractivity contribution in [1.82, 2.24) is 9.88 Å². The third-order valence-corrected chi connectivity index (χ3v) is 3.08. The molecule has 1 aromatic carbocycles. The maximum Gasteiger partial charge on any atom is 0.268 e. The van der Waals surface area contributed by atoms with Gasteiger partial charge in [0.25, 0.3) is 11.5 Å². The first kappa shape index (κ1) is 14.8. The summed E-state index contributed by atoms with van der Waals surface area (Å²) in [4.78, 5) is 24.5. The van der Waals surface area contributed by atoms with Crippen molar-refractivity contribution in [2.45, 2.75) is 6.54 Å².